The summed E-state index contributed by atoms with van der Waals surface area (Å²) in [6.07, 6.45) is 7.07. The predicted octanol–water partition coefficient (Wildman–Crippen LogP) is -0.183. The van der Waals surface area contributed by atoms with Gasteiger partial charge >= 0.3 is 5.69 Å². The number of carbonyl (C=O) groups is 1. The van der Waals surface area contributed by atoms with Crippen molar-refractivity contribution < 1.29 is 9.69 Å². The fraction of sp³-hybridized carbons (Fsp3) is 0.737. The Kier molecular flexibility index (Phi) is 5.65. The van der Waals surface area contributed by atoms with Crippen LogP contribution < -0.4 is 21.9 Å². The van der Waals surface area contributed by atoms with Gasteiger partial charge in [0.25, 0.3) is 5.56 Å². The molecule has 1 saturated heterocycles. The Hall–Kier alpha value is -1.89. The number of ketones is 1. The van der Waals surface area contributed by atoms with E-state index in [1.807, 2.05) is 6.92 Å². The number of hydrogen-bond acceptors (Lipinski definition) is 4. The topological polar surface area (TPSA) is 91.5 Å². The summed E-state index contributed by atoms with van der Waals surface area (Å²) in [5.41, 5.74) is 5.03. The number of carbonyl (C=O) groups excluding carboxylic acids is 1. The number of hydrogen-bond donors (Lipinski definition) is 2. The summed E-state index contributed by atoms with van der Waals surface area (Å²) in [5.74, 6) is 1.30. The Bertz CT molecular complexity index is 795. The van der Waals surface area contributed by atoms with Crippen LogP contribution in [-0.2, 0) is 13.6 Å². The summed E-state index contributed by atoms with van der Waals surface area (Å²) < 4.78 is 2.35. The summed E-state index contributed by atoms with van der Waals surface area (Å²) in [4.78, 5) is 38.9. The van der Waals surface area contributed by atoms with Gasteiger partial charge in [-0.3, -0.25) is 18.7 Å². The molecule has 3 N–H and O–H groups in total. The van der Waals surface area contributed by atoms with Crippen LogP contribution in [0.5, 0.6) is 0 Å². The lowest BCUT2D eigenvalue weighted by atomic mass is 9.75. The van der Waals surface area contributed by atoms with Gasteiger partial charge in [0.2, 0.25) is 5.78 Å². The van der Waals surface area contributed by atoms with Crippen LogP contribution in [0.1, 0.15) is 55.8 Å². The molecule has 3 atom stereocenters. The molecule has 2 fully saturated rings. The molecule has 3 rings (SSSR count). The predicted molar refractivity (Wildman–Crippen MR) is 101 cm³/mol. The van der Waals surface area contributed by atoms with Gasteiger partial charge in [0.05, 0.1) is 13.1 Å². The van der Waals surface area contributed by atoms with Gasteiger partial charge in [-0.15, -0.1) is 0 Å². The van der Waals surface area contributed by atoms with E-state index in [1.165, 1.54) is 42.2 Å². The van der Waals surface area contributed by atoms with E-state index in [-0.39, 0.29) is 23.7 Å². The van der Waals surface area contributed by atoms with E-state index >= 15 is 0 Å². The second-order valence-corrected chi connectivity index (χ2v) is 7.96. The Labute approximate surface area is 153 Å². The molecule has 0 amide bonds. The molecular formula is C19H31N4O3+. The molecule has 0 radical (unpaired) electrons. The van der Waals surface area contributed by atoms with Gasteiger partial charge in [-0.05, 0) is 31.6 Å². The molecule has 1 aliphatic carbocycles. The Balaban J connectivity index is 1.82. The van der Waals surface area contributed by atoms with E-state index in [4.69, 9.17) is 5.73 Å². The van der Waals surface area contributed by atoms with E-state index in [0.717, 1.165) is 30.0 Å². The summed E-state index contributed by atoms with van der Waals surface area (Å²) in [5, 5.41) is 0. The molecule has 1 saturated carbocycles. The maximum Gasteiger partial charge on any atom is 0.332 e. The third kappa shape index (κ3) is 3.49. The highest BCUT2D eigenvalue weighted by atomic mass is 16.2. The van der Waals surface area contributed by atoms with Crippen LogP contribution in [0.2, 0.25) is 0 Å². The first-order valence-electron chi connectivity index (χ1n) is 9.90. The number of nitrogens with two attached hydrogens (primary N) is 1. The van der Waals surface area contributed by atoms with Crippen LogP contribution in [0.4, 0.5) is 5.82 Å². The number of fused-ring (bicyclic) bond motifs is 1. The number of nitrogens with one attached hydrogen (secondary N) is 1. The van der Waals surface area contributed by atoms with E-state index in [0.29, 0.717) is 18.9 Å². The molecule has 26 heavy (non-hydrogen) atoms. The number of Topliss-reactive ketones (excluding diaryl/α,β-unsaturated/α-hetero) is 1. The largest absolute Gasteiger partial charge is 0.384 e. The Morgan fingerprint density at radius 2 is 1.88 bits per heavy atom. The van der Waals surface area contributed by atoms with Crippen molar-refractivity contribution in [2.75, 3.05) is 25.4 Å². The third-order valence-electron chi connectivity index (χ3n) is 6.21. The van der Waals surface area contributed by atoms with Crippen molar-refractivity contribution in [2.24, 2.45) is 18.9 Å². The standard InChI is InChI=1S/C19H30N4O3/c1-3-9-23-17(20)16(18(25)21(2)19(23)26)15(24)12-22-10-8-13-6-4-5-7-14(13)11-22/h13-14H,3-12,20H2,1-2H3/p+1/t13-,14-/m1/s1. The fourth-order valence-electron chi connectivity index (χ4n) is 4.76. The lowest BCUT2D eigenvalue weighted by molar-refractivity contribution is -0.902. The van der Waals surface area contributed by atoms with E-state index in [1.54, 1.807) is 0 Å². The zero-order chi connectivity index (χ0) is 18.8. The molecule has 7 heteroatoms. The molecular weight excluding hydrogens is 332 g/mol. The zero-order valence-corrected chi connectivity index (χ0v) is 15.9. The van der Waals surface area contributed by atoms with Crippen LogP contribution >= 0.6 is 0 Å². The number of nitrogens with zero attached hydrogens (tertiary/aromatic N) is 2. The molecule has 7 nitrogen and oxygen atoms in total. The zero-order valence-electron chi connectivity index (χ0n) is 15.9. The van der Waals surface area contributed by atoms with Crippen LogP contribution in [0.15, 0.2) is 9.59 Å². The highest BCUT2D eigenvalue weighted by Crippen LogP contribution is 2.32. The third-order valence-corrected chi connectivity index (χ3v) is 6.21. The first-order chi connectivity index (χ1) is 12.4. The summed E-state index contributed by atoms with van der Waals surface area (Å²) in [7, 11) is 1.41. The SMILES string of the molecule is CCCn1c(N)c(C(=O)C[NH+]2CC[C@H]3CCCC[C@@H]3C2)c(=O)n(C)c1=O. The van der Waals surface area contributed by atoms with Crippen molar-refractivity contribution in [1.29, 1.82) is 0 Å². The molecule has 1 aliphatic heterocycles. The van der Waals surface area contributed by atoms with E-state index in [2.05, 4.69) is 0 Å². The van der Waals surface area contributed by atoms with Crippen molar-refractivity contribution in [3.05, 3.63) is 26.4 Å². The second-order valence-electron chi connectivity index (χ2n) is 7.96. The summed E-state index contributed by atoms with van der Waals surface area (Å²) in [6, 6.07) is 0. The van der Waals surface area contributed by atoms with Gasteiger partial charge < -0.3 is 10.6 Å². The molecule has 1 aromatic heterocycles. The smallest absolute Gasteiger partial charge is 0.332 e. The van der Waals surface area contributed by atoms with Gasteiger partial charge in [-0.25, -0.2) is 4.79 Å². The molecule has 0 aromatic carbocycles. The number of nitrogen functional groups attached to an aromatic ring is 1. The van der Waals surface area contributed by atoms with Crippen LogP contribution in [0.3, 0.4) is 0 Å². The van der Waals surface area contributed by atoms with Crippen LogP contribution in [0, 0.1) is 11.8 Å². The number of aromatic nitrogens is 2. The average molecular weight is 363 g/mol. The van der Waals surface area contributed by atoms with Crippen molar-refractivity contribution in [2.45, 2.75) is 52.0 Å². The van der Waals surface area contributed by atoms with Crippen molar-refractivity contribution in [1.82, 2.24) is 9.13 Å². The first-order valence-corrected chi connectivity index (χ1v) is 9.90. The van der Waals surface area contributed by atoms with Crippen LogP contribution in [0.25, 0.3) is 0 Å². The number of rotatable bonds is 5. The molecule has 0 bridgehead atoms. The molecule has 1 aromatic rings. The van der Waals surface area contributed by atoms with Crippen LogP contribution in [-0.4, -0.2) is 34.6 Å². The van der Waals surface area contributed by atoms with Gasteiger partial charge in [-0.2, -0.15) is 0 Å². The highest BCUT2D eigenvalue weighted by Gasteiger charge is 2.35. The van der Waals surface area contributed by atoms with Crippen molar-refractivity contribution in [3.8, 4) is 0 Å². The Morgan fingerprint density at radius 1 is 1.19 bits per heavy atom. The Morgan fingerprint density at radius 3 is 2.58 bits per heavy atom. The molecule has 1 unspecified atom stereocenters. The van der Waals surface area contributed by atoms with Gasteiger partial charge in [-0.1, -0.05) is 19.8 Å². The second kappa shape index (κ2) is 7.78. The maximum atomic E-state index is 12.9. The lowest BCUT2D eigenvalue weighted by Gasteiger charge is -2.38. The van der Waals surface area contributed by atoms with Gasteiger partial charge in [0.15, 0.2) is 0 Å². The average Bonchev–Trinajstić information content (AvgIpc) is 2.63. The normalized spacial score (nSPS) is 25.7. The van der Waals surface area contributed by atoms with Crippen molar-refractivity contribution >= 4 is 11.6 Å². The monoisotopic (exact) mass is 363 g/mol. The minimum atomic E-state index is -0.572. The molecule has 2 heterocycles. The molecule has 0 spiro atoms. The number of anilines is 1. The number of likely N-dealkylation sites (tertiary alicyclic amines) is 1. The highest BCUT2D eigenvalue weighted by molar-refractivity contribution is 6.00. The molecule has 2 aliphatic rings. The van der Waals surface area contributed by atoms with Gasteiger partial charge in [0.1, 0.15) is 17.9 Å². The number of piperidine rings is 1. The first kappa shape index (κ1) is 18.9. The lowest BCUT2D eigenvalue weighted by Crippen LogP contribution is -3.14. The minimum Gasteiger partial charge on any atom is -0.384 e. The van der Waals surface area contributed by atoms with E-state index in [9.17, 15) is 14.4 Å². The van der Waals surface area contributed by atoms with Crippen molar-refractivity contribution in [3.63, 3.8) is 0 Å². The van der Waals surface area contributed by atoms with Gasteiger partial charge in [0, 0.05) is 19.5 Å². The quantitative estimate of drug-likeness (QED) is 0.710. The minimum absolute atomic E-state index is 0.0150. The molecule has 144 valence electrons. The summed E-state index contributed by atoms with van der Waals surface area (Å²) in [6.45, 7) is 4.59. The fourth-order valence-corrected chi connectivity index (χ4v) is 4.76. The van der Waals surface area contributed by atoms with E-state index < -0.39 is 11.2 Å². The number of quaternary nitrogens is 1. The summed E-state index contributed by atoms with van der Waals surface area (Å²) >= 11 is 0. The maximum absolute atomic E-state index is 12.9.